The summed E-state index contributed by atoms with van der Waals surface area (Å²) < 4.78 is 13.6. The number of carbonyl (C=O) groups is 1. The molecule has 0 fully saturated rings. The molecule has 0 spiro atoms. The van der Waals surface area contributed by atoms with Crippen LogP contribution in [-0.2, 0) is 4.57 Å². The van der Waals surface area contributed by atoms with Gasteiger partial charge in [0, 0.05) is 27.3 Å². The molecule has 0 saturated carbocycles. The summed E-state index contributed by atoms with van der Waals surface area (Å²) in [5.41, 5.74) is 8.81. The molecule has 3 aromatic rings. The maximum Gasteiger partial charge on any atom is 0.265 e. The Labute approximate surface area is 162 Å². The smallest absolute Gasteiger partial charge is 0.265 e. The number of nitrogens with one attached hydrogen (secondary N) is 1. The zero-order chi connectivity index (χ0) is 19.7. The Balaban J connectivity index is 2.29. The maximum atomic E-state index is 13.6. The minimum Gasteiger partial charge on any atom is -0.364 e. The standard InChI is InChI=1S/C20H17ClN3O2P/c1-11-8-13(4-3-7-22)12(2)17(9-11)27(26)19-15-10-14(21)5-6-16(15)24-18(19)20(23)25/h3-6,8-10,24,27H,1-2H3,(H2,23,25)/b4-3+. The van der Waals surface area contributed by atoms with Crippen molar-refractivity contribution in [1.29, 1.82) is 5.26 Å². The van der Waals surface area contributed by atoms with Crippen molar-refractivity contribution in [3.05, 3.63) is 63.8 Å². The molecule has 0 aliphatic carbocycles. The van der Waals surface area contributed by atoms with Crippen LogP contribution in [-0.4, -0.2) is 10.9 Å². The van der Waals surface area contributed by atoms with Crippen molar-refractivity contribution in [2.45, 2.75) is 13.8 Å². The lowest BCUT2D eigenvalue weighted by molar-refractivity contribution is 0.0997. The fourth-order valence-electron chi connectivity index (χ4n) is 3.14. The minimum atomic E-state index is -2.57. The number of aryl methyl sites for hydroxylation is 1. The third kappa shape index (κ3) is 3.55. The average Bonchev–Trinajstić information content (AvgIpc) is 3.00. The number of amides is 1. The number of benzene rings is 2. The number of hydrogen-bond donors (Lipinski definition) is 2. The van der Waals surface area contributed by atoms with Gasteiger partial charge in [0.1, 0.15) is 13.5 Å². The van der Waals surface area contributed by atoms with Crippen LogP contribution in [0.5, 0.6) is 0 Å². The number of halogens is 1. The maximum absolute atomic E-state index is 13.6. The third-order valence-electron chi connectivity index (χ3n) is 4.41. The van der Waals surface area contributed by atoms with Crippen LogP contribution in [0.25, 0.3) is 17.0 Å². The molecule has 1 aromatic heterocycles. The second kappa shape index (κ2) is 7.44. The van der Waals surface area contributed by atoms with Gasteiger partial charge in [0.25, 0.3) is 5.91 Å². The number of fused-ring (bicyclic) bond motifs is 1. The highest BCUT2D eigenvalue weighted by Gasteiger charge is 2.23. The molecule has 2 aromatic carbocycles. The van der Waals surface area contributed by atoms with Crippen molar-refractivity contribution >= 4 is 52.9 Å². The number of aromatic amines is 1. The van der Waals surface area contributed by atoms with Gasteiger partial charge < -0.3 is 15.3 Å². The number of aromatic nitrogens is 1. The van der Waals surface area contributed by atoms with Crippen molar-refractivity contribution in [3.63, 3.8) is 0 Å². The first-order chi connectivity index (χ1) is 12.8. The second-order valence-corrected chi connectivity index (χ2v) is 8.38. The molecular formula is C20H17ClN3O2P. The topological polar surface area (TPSA) is 99.7 Å². The molecule has 136 valence electrons. The van der Waals surface area contributed by atoms with Crippen molar-refractivity contribution in [1.82, 2.24) is 4.98 Å². The number of rotatable bonds is 4. The summed E-state index contributed by atoms with van der Waals surface area (Å²) in [7, 11) is -2.57. The Kier molecular flexibility index (Phi) is 5.23. The van der Waals surface area contributed by atoms with E-state index in [0.29, 0.717) is 26.5 Å². The van der Waals surface area contributed by atoms with Crippen molar-refractivity contribution in [3.8, 4) is 6.07 Å². The van der Waals surface area contributed by atoms with E-state index in [2.05, 4.69) is 4.98 Å². The first kappa shape index (κ1) is 19.0. The van der Waals surface area contributed by atoms with E-state index in [1.165, 1.54) is 6.08 Å². The zero-order valence-electron chi connectivity index (χ0n) is 14.8. The summed E-state index contributed by atoms with van der Waals surface area (Å²) >= 11 is 6.11. The van der Waals surface area contributed by atoms with E-state index in [4.69, 9.17) is 22.6 Å². The largest absolute Gasteiger partial charge is 0.364 e. The number of carbonyl (C=O) groups excluding carboxylic acids is 1. The van der Waals surface area contributed by atoms with E-state index < -0.39 is 13.7 Å². The molecule has 3 N–H and O–H groups in total. The highest BCUT2D eigenvalue weighted by molar-refractivity contribution is 7.62. The van der Waals surface area contributed by atoms with Crippen LogP contribution < -0.4 is 16.3 Å². The Morgan fingerprint density at radius 2 is 2.04 bits per heavy atom. The number of nitriles is 1. The Bertz CT molecular complexity index is 1170. The summed E-state index contributed by atoms with van der Waals surface area (Å²) in [4.78, 5) is 14.9. The predicted octanol–water partition coefficient (Wildman–Crippen LogP) is 3.58. The van der Waals surface area contributed by atoms with Crippen LogP contribution in [0.4, 0.5) is 0 Å². The molecule has 1 heterocycles. The first-order valence-corrected chi connectivity index (χ1v) is 9.95. The van der Waals surface area contributed by atoms with E-state index in [1.54, 1.807) is 24.3 Å². The number of allylic oxidation sites excluding steroid dienone is 1. The predicted molar refractivity (Wildman–Crippen MR) is 111 cm³/mol. The van der Waals surface area contributed by atoms with Gasteiger partial charge in [-0.3, -0.25) is 4.79 Å². The molecule has 1 unspecified atom stereocenters. The van der Waals surface area contributed by atoms with Gasteiger partial charge in [0.05, 0.1) is 11.4 Å². The quantitative estimate of drug-likeness (QED) is 0.519. The molecule has 3 rings (SSSR count). The normalized spacial score (nSPS) is 12.4. The Hall–Kier alpha value is -2.80. The van der Waals surface area contributed by atoms with Crippen LogP contribution in [0.2, 0.25) is 5.02 Å². The molecule has 0 radical (unpaired) electrons. The highest BCUT2D eigenvalue weighted by atomic mass is 35.5. The van der Waals surface area contributed by atoms with Gasteiger partial charge in [-0.2, -0.15) is 5.26 Å². The summed E-state index contributed by atoms with van der Waals surface area (Å²) in [6.45, 7) is 3.74. The SMILES string of the molecule is Cc1cc(/C=C/C#N)c(C)c([PH](=O)c2c(C(N)=O)[nH]c3ccc(Cl)cc23)c1. The van der Waals surface area contributed by atoms with E-state index in [-0.39, 0.29) is 5.69 Å². The van der Waals surface area contributed by atoms with Gasteiger partial charge in [-0.05, 0) is 60.9 Å². The summed E-state index contributed by atoms with van der Waals surface area (Å²) in [6, 6.07) is 10.8. The van der Waals surface area contributed by atoms with Gasteiger partial charge >= 0.3 is 0 Å². The number of hydrogen-bond acceptors (Lipinski definition) is 3. The molecule has 0 bridgehead atoms. The molecule has 27 heavy (non-hydrogen) atoms. The summed E-state index contributed by atoms with van der Waals surface area (Å²) in [5, 5.41) is 10.9. The minimum absolute atomic E-state index is 0.131. The summed E-state index contributed by atoms with van der Waals surface area (Å²) in [6.07, 6.45) is 3.06. The fraction of sp³-hybridized carbons (Fsp3) is 0.100. The lowest BCUT2D eigenvalue weighted by Crippen LogP contribution is -2.21. The zero-order valence-corrected chi connectivity index (χ0v) is 16.5. The van der Waals surface area contributed by atoms with E-state index in [1.807, 2.05) is 32.0 Å². The fourth-order valence-corrected chi connectivity index (χ4v) is 5.29. The molecule has 0 aliphatic rings. The molecule has 1 amide bonds. The number of nitrogens with two attached hydrogens (primary N) is 1. The van der Waals surface area contributed by atoms with Gasteiger partial charge in [-0.15, -0.1) is 0 Å². The van der Waals surface area contributed by atoms with Gasteiger partial charge in [-0.1, -0.05) is 17.7 Å². The molecule has 5 nitrogen and oxygen atoms in total. The number of H-pyrrole nitrogens is 1. The van der Waals surface area contributed by atoms with Gasteiger partial charge in [0.2, 0.25) is 0 Å². The van der Waals surface area contributed by atoms with Gasteiger partial charge in [0.15, 0.2) is 0 Å². The second-order valence-electron chi connectivity index (χ2n) is 6.25. The molecule has 7 heteroatoms. The lowest BCUT2D eigenvalue weighted by atomic mass is 10.1. The highest BCUT2D eigenvalue weighted by Crippen LogP contribution is 2.31. The van der Waals surface area contributed by atoms with E-state index in [9.17, 15) is 9.36 Å². The van der Waals surface area contributed by atoms with Gasteiger partial charge in [-0.25, -0.2) is 0 Å². The molecular weight excluding hydrogens is 381 g/mol. The average molecular weight is 398 g/mol. The van der Waals surface area contributed by atoms with E-state index >= 15 is 0 Å². The first-order valence-electron chi connectivity index (χ1n) is 8.16. The molecule has 0 saturated heterocycles. The van der Waals surface area contributed by atoms with Crippen molar-refractivity contribution in [2.24, 2.45) is 5.73 Å². The molecule has 0 aliphatic heterocycles. The van der Waals surface area contributed by atoms with Crippen LogP contribution in [0.1, 0.15) is 27.2 Å². The van der Waals surface area contributed by atoms with Crippen molar-refractivity contribution in [2.75, 3.05) is 0 Å². The Morgan fingerprint density at radius 3 is 2.70 bits per heavy atom. The van der Waals surface area contributed by atoms with Crippen molar-refractivity contribution < 1.29 is 9.36 Å². The third-order valence-corrected chi connectivity index (χ3v) is 6.63. The van der Waals surface area contributed by atoms with Crippen LogP contribution >= 0.6 is 19.4 Å². The lowest BCUT2D eigenvalue weighted by Gasteiger charge is -2.12. The van der Waals surface area contributed by atoms with Crippen LogP contribution in [0.15, 0.2) is 36.4 Å². The van der Waals surface area contributed by atoms with Crippen LogP contribution in [0.3, 0.4) is 0 Å². The Morgan fingerprint density at radius 1 is 1.30 bits per heavy atom. The molecule has 1 atom stereocenters. The number of nitrogens with zero attached hydrogens (tertiary/aromatic N) is 1. The van der Waals surface area contributed by atoms with E-state index in [0.717, 1.165) is 16.7 Å². The monoisotopic (exact) mass is 397 g/mol. The number of primary amides is 1. The summed E-state index contributed by atoms with van der Waals surface area (Å²) in [5.74, 6) is -0.675. The van der Waals surface area contributed by atoms with Crippen LogP contribution in [0, 0.1) is 25.2 Å².